The van der Waals surface area contributed by atoms with Gasteiger partial charge in [-0.3, -0.25) is 4.79 Å². The van der Waals surface area contributed by atoms with E-state index in [1.807, 2.05) is 17.0 Å². The Morgan fingerprint density at radius 3 is 2.57 bits per heavy atom. The minimum Gasteiger partial charge on any atom is -0.376 e. The van der Waals surface area contributed by atoms with Crippen LogP contribution >= 0.6 is 24.0 Å². The zero-order valence-electron chi connectivity index (χ0n) is 15.6. The summed E-state index contributed by atoms with van der Waals surface area (Å²) < 4.78 is 11.3. The van der Waals surface area contributed by atoms with Crippen molar-refractivity contribution >= 4 is 29.9 Å². The number of amides is 1. The molecule has 0 aliphatic carbocycles. The molecule has 28 heavy (non-hydrogen) atoms. The van der Waals surface area contributed by atoms with E-state index < -0.39 is 0 Å². The molecule has 1 amide bonds. The number of hydrogen-bond acceptors (Lipinski definition) is 5. The number of rotatable bonds is 3. The smallest absolute Gasteiger partial charge is 0.276 e. The summed E-state index contributed by atoms with van der Waals surface area (Å²) in [5.41, 5.74) is 7.40. The molecule has 2 fully saturated rings. The Morgan fingerprint density at radius 1 is 1.18 bits per heavy atom. The number of ether oxygens (including phenoxy) is 1. The van der Waals surface area contributed by atoms with E-state index >= 15 is 0 Å². The molecular weight excluding hydrogens is 401 g/mol. The standard InChI is InChI=1S/C20H24ClN3O3.ClH/c21-15-5-3-13(4-6-15)18-12-17(23-27-18)20(25)24-9-7-14(8-10-24)19-16(22)2-1-11-26-19;/h3-6,12,14,16,19H,1-2,7-11,22H2;1H. The zero-order chi connectivity index (χ0) is 18.8. The van der Waals surface area contributed by atoms with Gasteiger partial charge >= 0.3 is 0 Å². The van der Waals surface area contributed by atoms with Crippen molar-refractivity contribution in [1.82, 2.24) is 10.1 Å². The lowest BCUT2D eigenvalue weighted by Crippen LogP contribution is -2.49. The van der Waals surface area contributed by atoms with Crippen molar-refractivity contribution in [2.75, 3.05) is 19.7 Å². The molecule has 1 aromatic carbocycles. The maximum atomic E-state index is 12.8. The quantitative estimate of drug-likeness (QED) is 0.808. The lowest BCUT2D eigenvalue weighted by Gasteiger charge is -2.39. The molecule has 2 unspecified atom stereocenters. The number of hydrogen-bond donors (Lipinski definition) is 1. The second-order valence-corrected chi connectivity index (χ2v) is 7.79. The first-order valence-electron chi connectivity index (χ1n) is 9.51. The number of likely N-dealkylation sites (tertiary alicyclic amines) is 1. The predicted octanol–water partition coefficient (Wildman–Crippen LogP) is 3.78. The summed E-state index contributed by atoms with van der Waals surface area (Å²) in [5, 5.41) is 4.62. The van der Waals surface area contributed by atoms with E-state index in [2.05, 4.69) is 5.16 Å². The van der Waals surface area contributed by atoms with Crippen LogP contribution in [-0.2, 0) is 4.74 Å². The molecule has 4 rings (SSSR count). The Kier molecular flexibility index (Phi) is 6.99. The van der Waals surface area contributed by atoms with Gasteiger partial charge in [0.05, 0.1) is 6.10 Å². The summed E-state index contributed by atoms with van der Waals surface area (Å²) in [4.78, 5) is 14.6. The van der Waals surface area contributed by atoms with E-state index in [1.54, 1.807) is 18.2 Å². The average Bonchev–Trinajstić information content (AvgIpc) is 3.19. The van der Waals surface area contributed by atoms with Gasteiger partial charge in [0, 0.05) is 42.4 Å². The predicted molar refractivity (Wildman–Crippen MR) is 110 cm³/mol. The van der Waals surface area contributed by atoms with Gasteiger partial charge in [-0.1, -0.05) is 16.8 Å². The van der Waals surface area contributed by atoms with Crippen LogP contribution in [0.1, 0.15) is 36.2 Å². The first kappa shape index (κ1) is 21.1. The van der Waals surface area contributed by atoms with Crippen LogP contribution in [0.4, 0.5) is 0 Å². The zero-order valence-corrected chi connectivity index (χ0v) is 17.1. The van der Waals surface area contributed by atoms with Gasteiger partial charge in [0.25, 0.3) is 5.91 Å². The van der Waals surface area contributed by atoms with E-state index in [1.165, 1.54) is 0 Å². The van der Waals surface area contributed by atoms with E-state index in [4.69, 9.17) is 26.6 Å². The van der Waals surface area contributed by atoms with E-state index in [9.17, 15) is 4.79 Å². The number of nitrogens with zero attached hydrogens (tertiary/aromatic N) is 2. The maximum absolute atomic E-state index is 12.8. The van der Waals surface area contributed by atoms with Gasteiger partial charge in [0.1, 0.15) is 0 Å². The summed E-state index contributed by atoms with van der Waals surface area (Å²) >= 11 is 5.91. The molecule has 2 aliphatic rings. The van der Waals surface area contributed by atoms with Gasteiger partial charge in [-0.15, -0.1) is 12.4 Å². The number of carbonyl (C=O) groups excluding carboxylic acids is 1. The largest absolute Gasteiger partial charge is 0.376 e. The van der Waals surface area contributed by atoms with Crippen LogP contribution in [0.15, 0.2) is 34.9 Å². The van der Waals surface area contributed by atoms with Crippen molar-refractivity contribution in [3.63, 3.8) is 0 Å². The molecule has 2 atom stereocenters. The highest BCUT2D eigenvalue weighted by Crippen LogP contribution is 2.29. The molecule has 0 saturated carbocycles. The number of nitrogens with two attached hydrogens (primary N) is 1. The third-order valence-electron chi connectivity index (χ3n) is 5.56. The van der Waals surface area contributed by atoms with Gasteiger partial charge in [0.2, 0.25) is 0 Å². The third kappa shape index (κ3) is 4.51. The van der Waals surface area contributed by atoms with Crippen LogP contribution in [0.2, 0.25) is 5.02 Å². The van der Waals surface area contributed by atoms with Crippen molar-refractivity contribution in [2.45, 2.75) is 37.8 Å². The lowest BCUT2D eigenvalue weighted by atomic mass is 9.85. The van der Waals surface area contributed by atoms with Gasteiger partial charge in [0.15, 0.2) is 11.5 Å². The van der Waals surface area contributed by atoms with E-state index in [0.29, 0.717) is 35.5 Å². The van der Waals surface area contributed by atoms with Gasteiger partial charge in [-0.25, -0.2) is 0 Å². The second kappa shape index (κ2) is 9.27. The van der Waals surface area contributed by atoms with Crippen LogP contribution in [0.3, 0.4) is 0 Å². The molecule has 8 heteroatoms. The molecule has 3 heterocycles. The minimum atomic E-state index is -0.0914. The van der Waals surface area contributed by atoms with Crippen molar-refractivity contribution in [1.29, 1.82) is 0 Å². The molecule has 152 valence electrons. The fraction of sp³-hybridized carbons (Fsp3) is 0.500. The van der Waals surface area contributed by atoms with Crippen LogP contribution in [0, 0.1) is 5.92 Å². The summed E-state index contributed by atoms with van der Waals surface area (Å²) in [5.74, 6) is 0.893. The van der Waals surface area contributed by atoms with Crippen LogP contribution < -0.4 is 5.73 Å². The van der Waals surface area contributed by atoms with Crippen molar-refractivity contribution in [3.8, 4) is 11.3 Å². The van der Waals surface area contributed by atoms with E-state index in [-0.39, 0.29) is 30.5 Å². The highest BCUT2D eigenvalue weighted by molar-refractivity contribution is 6.30. The van der Waals surface area contributed by atoms with Crippen molar-refractivity contribution in [3.05, 3.63) is 41.0 Å². The summed E-state index contributed by atoms with van der Waals surface area (Å²) in [6, 6.07) is 9.06. The number of piperidine rings is 1. The lowest BCUT2D eigenvalue weighted by molar-refractivity contribution is -0.0480. The Hall–Kier alpha value is -1.60. The Balaban J connectivity index is 0.00000225. The van der Waals surface area contributed by atoms with E-state index in [0.717, 1.165) is 37.9 Å². The molecule has 0 bridgehead atoms. The first-order valence-corrected chi connectivity index (χ1v) is 9.89. The Bertz CT molecular complexity index is 788. The molecule has 2 aromatic rings. The normalized spacial score (nSPS) is 23.3. The maximum Gasteiger partial charge on any atom is 0.276 e. The second-order valence-electron chi connectivity index (χ2n) is 7.35. The molecular formula is C20H25Cl2N3O3. The van der Waals surface area contributed by atoms with Gasteiger partial charge < -0.3 is 19.9 Å². The molecule has 0 radical (unpaired) electrons. The molecule has 2 aliphatic heterocycles. The summed E-state index contributed by atoms with van der Waals surface area (Å²) in [6.07, 6.45) is 4.00. The highest BCUT2D eigenvalue weighted by atomic mass is 35.5. The van der Waals surface area contributed by atoms with Gasteiger partial charge in [-0.2, -0.15) is 0 Å². The fourth-order valence-corrected chi connectivity index (χ4v) is 4.16. The van der Waals surface area contributed by atoms with Gasteiger partial charge in [-0.05, 0) is 55.9 Å². The molecule has 1 aromatic heterocycles. The first-order chi connectivity index (χ1) is 13.1. The SMILES string of the molecule is Cl.NC1CCCOC1C1CCN(C(=O)c2cc(-c3ccc(Cl)cc3)on2)CC1. The molecule has 2 saturated heterocycles. The van der Waals surface area contributed by atoms with Crippen LogP contribution in [0.25, 0.3) is 11.3 Å². The Labute approximate surface area is 175 Å². The highest BCUT2D eigenvalue weighted by Gasteiger charge is 2.34. The molecule has 0 spiro atoms. The Morgan fingerprint density at radius 2 is 1.89 bits per heavy atom. The number of halogens is 2. The summed E-state index contributed by atoms with van der Waals surface area (Å²) in [7, 11) is 0. The monoisotopic (exact) mass is 425 g/mol. The topological polar surface area (TPSA) is 81.6 Å². The van der Waals surface area contributed by atoms with Crippen molar-refractivity contribution in [2.24, 2.45) is 11.7 Å². The molecule has 6 nitrogen and oxygen atoms in total. The number of aromatic nitrogens is 1. The number of carbonyl (C=O) groups is 1. The third-order valence-corrected chi connectivity index (χ3v) is 5.82. The average molecular weight is 426 g/mol. The molecule has 2 N–H and O–H groups in total. The summed E-state index contributed by atoms with van der Waals surface area (Å²) in [6.45, 7) is 2.18. The van der Waals surface area contributed by atoms with Crippen LogP contribution in [0.5, 0.6) is 0 Å². The minimum absolute atomic E-state index is 0. The fourth-order valence-electron chi connectivity index (χ4n) is 4.03. The van der Waals surface area contributed by atoms with Crippen molar-refractivity contribution < 1.29 is 14.1 Å². The number of benzene rings is 1. The van der Waals surface area contributed by atoms with Crippen LogP contribution in [-0.4, -0.2) is 47.8 Å².